The van der Waals surface area contributed by atoms with Crippen molar-refractivity contribution >= 4 is 5.97 Å². The smallest absolute Gasteiger partial charge is 0.310 e. The fourth-order valence-electron chi connectivity index (χ4n) is 0.922. The number of carboxylic acid groups (broad SMARTS) is 1. The van der Waals surface area contributed by atoms with Crippen LogP contribution in [-0.2, 0) is 4.79 Å². The zero-order chi connectivity index (χ0) is 7.40. The van der Waals surface area contributed by atoms with Gasteiger partial charge >= 0.3 is 5.97 Å². The Morgan fingerprint density at radius 3 is 2.90 bits per heavy atom. The SMILES string of the molecule is O=C(O)[C@H]1C=CCC=CC1. The van der Waals surface area contributed by atoms with E-state index in [2.05, 4.69) is 0 Å². The van der Waals surface area contributed by atoms with Crippen molar-refractivity contribution in [3.63, 3.8) is 0 Å². The number of allylic oxidation sites excluding steroid dienone is 3. The molecule has 2 heteroatoms. The quantitative estimate of drug-likeness (QED) is 0.559. The highest BCUT2D eigenvalue weighted by molar-refractivity contribution is 5.72. The summed E-state index contributed by atoms with van der Waals surface area (Å²) in [4.78, 5) is 10.4. The Morgan fingerprint density at radius 1 is 1.40 bits per heavy atom. The lowest BCUT2D eigenvalue weighted by Crippen LogP contribution is -2.08. The number of hydrogen-bond acceptors (Lipinski definition) is 1. The van der Waals surface area contributed by atoms with Gasteiger partial charge in [-0.1, -0.05) is 24.3 Å². The first-order chi connectivity index (χ1) is 4.80. The highest BCUT2D eigenvalue weighted by Gasteiger charge is 2.11. The summed E-state index contributed by atoms with van der Waals surface area (Å²) in [6.45, 7) is 0. The zero-order valence-electron chi connectivity index (χ0n) is 5.66. The largest absolute Gasteiger partial charge is 0.481 e. The van der Waals surface area contributed by atoms with Gasteiger partial charge in [0.2, 0.25) is 0 Å². The molecule has 54 valence electrons. The molecular weight excluding hydrogens is 128 g/mol. The molecule has 0 fully saturated rings. The molecule has 0 heterocycles. The van der Waals surface area contributed by atoms with Crippen LogP contribution in [-0.4, -0.2) is 11.1 Å². The maximum atomic E-state index is 10.4. The summed E-state index contributed by atoms with van der Waals surface area (Å²) < 4.78 is 0. The average Bonchev–Trinajstić information content (AvgIpc) is 2.12. The fourth-order valence-corrected chi connectivity index (χ4v) is 0.922. The Balaban J connectivity index is 2.60. The van der Waals surface area contributed by atoms with Crippen molar-refractivity contribution in [3.05, 3.63) is 24.3 Å². The van der Waals surface area contributed by atoms with Gasteiger partial charge in [0.25, 0.3) is 0 Å². The van der Waals surface area contributed by atoms with Crippen LogP contribution in [0.5, 0.6) is 0 Å². The van der Waals surface area contributed by atoms with Crippen LogP contribution in [0.15, 0.2) is 24.3 Å². The first-order valence-electron chi connectivity index (χ1n) is 3.35. The van der Waals surface area contributed by atoms with E-state index in [1.54, 1.807) is 6.08 Å². The third-order valence-corrected chi connectivity index (χ3v) is 1.51. The molecule has 1 atom stereocenters. The molecule has 0 aromatic carbocycles. The summed E-state index contributed by atoms with van der Waals surface area (Å²) in [6, 6.07) is 0. The predicted molar refractivity (Wildman–Crippen MR) is 38.6 cm³/mol. The van der Waals surface area contributed by atoms with Gasteiger partial charge in [-0.05, 0) is 12.8 Å². The molecule has 1 aliphatic carbocycles. The van der Waals surface area contributed by atoms with Crippen molar-refractivity contribution < 1.29 is 9.90 Å². The van der Waals surface area contributed by atoms with E-state index in [4.69, 9.17) is 5.11 Å². The Hall–Kier alpha value is -1.05. The summed E-state index contributed by atoms with van der Waals surface area (Å²) in [6.07, 6.45) is 9.04. The molecular formula is C8H10O2. The Morgan fingerprint density at radius 2 is 2.20 bits per heavy atom. The van der Waals surface area contributed by atoms with E-state index in [9.17, 15) is 4.79 Å². The van der Waals surface area contributed by atoms with Crippen molar-refractivity contribution in [2.24, 2.45) is 5.92 Å². The van der Waals surface area contributed by atoms with Gasteiger partial charge in [-0.3, -0.25) is 4.79 Å². The van der Waals surface area contributed by atoms with Crippen LogP contribution in [0.3, 0.4) is 0 Å². The molecule has 0 radical (unpaired) electrons. The first kappa shape index (κ1) is 7.06. The van der Waals surface area contributed by atoms with Crippen molar-refractivity contribution in [2.45, 2.75) is 12.8 Å². The van der Waals surface area contributed by atoms with Crippen LogP contribution in [0.25, 0.3) is 0 Å². The highest BCUT2D eigenvalue weighted by atomic mass is 16.4. The lowest BCUT2D eigenvalue weighted by Gasteiger charge is -1.99. The Kier molecular flexibility index (Phi) is 2.26. The molecule has 1 N–H and O–H groups in total. The van der Waals surface area contributed by atoms with Gasteiger partial charge in [0, 0.05) is 0 Å². The van der Waals surface area contributed by atoms with Crippen LogP contribution >= 0.6 is 0 Å². The lowest BCUT2D eigenvalue weighted by molar-refractivity contribution is -0.139. The Bertz CT molecular complexity index is 180. The minimum atomic E-state index is -0.734. The van der Waals surface area contributed by atoms with E-state index in [0.29, 0.717) is 6.42 Å². The molecule has 1 rings (SSSR count). The standard InChI is InChI=1S/C8H10O2/c9-8(10)7-5-3-1-2-4-6-7/h1,3-4,6-7H,2,5H2,(H,9,10)/t7-/m1/s1. The van der Waals surface area contributed by atoms with E-state index >= 15 is 0 Å². The second kappa shape index (κ2) is 3.20. The first-order valence-corrected chi connectivity index (χ1v) is 3.35. The summed E-state index contributed by atoms with van der Waals surface area (Å²) in [7, 11) is 0. The lowest BCUT2D eigenvalue weighted by atomic mass is 10.1. The topological polar surface area (TPSA) is 37.3 Å². The molecule has 0 saturated carbocycles. The minimum Gasteiger partial charge on any atom is -0.481 e. The zero-order valence-corrected chi connectivity index (χ0v) is 5.66. The van der Waals surface area contributed by atoms with Crippen molar-refractivity contribution in [3.8, 4) is 0 Å². The summed E-state index contributed by atoms with van der Waals surface area (Å²) in [5, 5.41) is 8.58. The van der Waals surface area contributed by atoms with Crippen LogP contribution < -0.4 is 0 Å². The molecule has 1 aliphatic rings. The molecule has 0 spiro atoms. The second-order valence-electron chi connectivity index (χ2n) is 2.32. The number of carbonyl (C=O) groups is 1. The monoisotopic (exact) mass is 138 g/mol. The Labute approximate surface area is 59.9 Å². The molecule has 10 heavy (non-hydrogen) atoms. The van der Waals surface area contributed by atoms with Crippen LogP contribution in [0.1, 0.15) is 12.8 Å². The number of hydrogen-bond donors (Lipinski definition) is 1. The van der Waals surface area contributed by atoms with Gasteiger partial charge in [0.1, 0.15) is 0 Å². The molecule has 0 amide bonds. The van der Waals surface area contributed by atoms with E-state index in [-0.39, 0.29) is 5.92 Å². The number of rotatable bonds is 1. The minimum absolute atomic E-state index is 0.307. The number of carboxylic acids is 1. The number of aliphatic carboxylic acids is 1. The fraction of sp³-hybridized carbons (Fsp3) is 0.375. The van der Waals surface area contributed by atoms with E-state index in [1.165, 1.54) is 0 Å². The van der Waals surface area contributed by atoms with Crippen molar-refractivity contribution in [1.82, 2.24) is 0 Å². The molecule has 2 nitrogen and oxygen atoms in total. The van der Waals surface area contributed by atoms with Crippen molar-refractivity contribution in [2.75, 3.05) is 0 Å². The van der Waals surface area contributed by atoms with Gasteiger partial charge in [0.05, 0.1) is 5.92 Å². The molecule has 0 aliphatic heterocycles. The maximum Gasteiger partial charge on any atom is 0.310 e. The van der Waals surface area contributed by atoms with Gasteiger partial charge in [0.15, 0.2) is 0 Å². The van der Waals surface area contributed by atoms with Crippen molar-refractivity contribution in [1.29, 1.82) is 0 Å². The summed E-state index contributed by atoms with van der Waals surface area (Å²) >= 11 is 0. The molecule has 0 aromatic heterocycles. The predicted octanol–water partition coefficient (Wildman–Crippen LogP) is 1.59. The third kappa shape index (κ3) is 1.72. The molecule has 0 bridgehead atoms. The molecule has 0 saturated heterocycles. The van der Waals surface area contributed by atoms with Crippen LogP contribution in [0, 0.1) is 5.92 Å². The summed E-state index contributed by atoms with van der Waals surface area (Å²) in [5.74, 6) is -1.04. The van der Waals surface area contributed by atoms with Gasteiger partial charge in [-0.2, -0.15) is 0 Å². The van der Waals surface area contributed by atoms with Gasteiger partial charge in [-0.15, -0.1) is 0 Å². The van der Waals surface area contributed by atoms with Gasteiger partial charge in [-0.25, -0.2) is 0 Å². The van der Waals surface area contributed by atoms with E-state index in [0.717, 1.165) is 6.42 Å². The molecule has 0 unspecified atom stereocenters. The van der Waals surface area contributed by atoms with Crippen LogP contribution in [0.4, 0.5) is 0 Å². The second-order valence-corrected chi connectivity index (χ2v) is 2.32. The summed E-state index contributed by atoms with van der Waals surface area (Å²) in [5.41, 5.74) is 0. The molecule has 0 aromatic rings. The van der Waals surface area contributed by atoms with E-state index < -0.39 is 5.97 Å². The average molecular weight is 138 g/mol. The van der Waals surface area contributed by atoms with Crippen LogP contribution in [0.2, 0.25) is 0 Å². The maximum absolute atomic E-state index is 10.4. The normalized spacial score (nSPS) is 24.2. The third-order valence-electron chi connectivity index (χ3n) is 1.51. The van der Waals surface area contributed by atoms with Gasteiger partial charge < -0.3 is 5.11 Å². The van der Waals surface area contributed by atoms with E-state index in [1.807, 2.05) is 18.2 Å². The highest BCUT2D eigenvalue weighted by Crippen LogP contribution is 2.10.